The molecule has 0 radical (unpaired) electrons. The molecule has 0 spiro atoms. The van der Waals surface area contributed by atoms with Crippen LogP contribution in [0.1, 0.15) is 16.1 Å². The summed E-state index contributed by atoms with van der Waals surface area (Å²) in [6.07, 6.45) is 2.25. The lowest BCUT2D eigenvalue weighted by atomic mass is 10.2. The zero-order valence-electron chi connectivity index (χ0n) is 10.4. The molecule has 1 aromatic heterocycles. The average molecular weight is 261 g/mol. The van der Waals surface area contributed by atoms with Crippen molar-refractivity contribution >= 4 is 5.97 Å². The summed E-state index contributed by atoms with van der Waals surface area (Å²) in [6.45, 7) is 1.61. The van der Waals surface area contributed by atoms with E-state index in [0.29, 0.717) is 19.8 Å². The van der Waals surface area contributed by atoms with Crippen molar-refractivity contribution in [3.63, 3.8) is 0 Å². The number of carbonyl (C=O) groups is 1. The molecule has 1 aromatic carbocycles. The van der Waals surface area contributed by atoms with Gasteiger partial charge in [-0.2, -0.15) is 0 Å². The second-order valence-corrected chi connectivity index (χ2v) is 4.02. The molecule has 100 valence electrons. The Labute approximate surface area is 110 Å². The lowest BCUT2D eigenvalue weighted by Crippen LogP contribution is -2.08. The highest BCUT2D eigenvalue weighted by molar-refractivity contribution is 5.84. The number of aromatic nitrogens is 3. The fraction of sp³-hybridized carbons (Fsp3) is 0.308. The summed E-state index contributed by atoms with van der Waals surface area (Å²) in [5, 5.41) is 15.9. The molecular formula is C13H15N3O3. The largest absolute Gasteiger partial charge is 0.476 e. The molecule has 2 rings (SSSR count). The Balaban J connectivity index is 1.65. The van der Waals surface area contributed by atoms with Crippen LogP contribution in [0.15, 0.2) is 36.5 Å². The standard InChI is InChI=1S/C13H15N3O3/c17-13(18)12-10-16(15-14-12)7-9-19-8-6-11-4-2-1-3-5-11/h1-5,10H,6-9H2,(H,17,18). The van der Waals surface area contributed by atoms with Gasteiger partial charge in [0.05, 0.1) is 26.0 Å². The minimum absolute atomic E-state index is 0.0516. The van der Waals surface area contributed by atoms with Crippen LogP contribution in [0.3, 0.4) is 0 Å². The van der Waals surface area contributed by atoms with Gasteiger partial charge >= 0.3 is 5.97 Å². The van der Waals surface area contributed by atoms with Crippen molar-refractivity contribution in [2.45, 2.75) is 13.0 Å². The van der Waals surface area contributed by atoms with E-state index in [-0.39, 0.29) is 5.69 Å². The van der Waals surface area contributed by atoms with E-state index in [0.717, 1.165) is 6.42 Å². The fourth-order valence-corrected chi connectivity index (χ4v) is 1.60. The number of hydrogen-bond donors (Lipinski definition) is 1. The van der Waals surface area contributed by atoms with Crippen molar-refractivity contribution in [1.29, 1.82) is 0 Å². The number of ether oxygens (including phenoxy) is 1. The Bertz CT molecular complexity index is 525. The predicted molar refractivity (Wildman–Crippen MR) is 67.9 cm³/mol. The van der Waals surface area contributed by atoms with Crippen molar-refractivity contribution < 1.29 is 14.6 Å². The molecule has 6 heteroatoms. The molecule has 1 N–H and O–H groups in total. The molecule has 0 aliphatic carbocycles. The van der Waals surface area contributed by atoms with Gasteiger partial charge in [-0.25, -0.2) is 9.48 Å². The Kier molecular flexibility index (Phi) is 4.63. The molecule has 0 amide bonds. The summed E-state index contributed by atoms with van der Waals surface area (Å²) in [6, 6.07) is 10.1. The number of nitrogens with zero attached hydrogens (tertiary/aromatic N) is 3. The van der Waals surface area contributed by atoms with Crippen LogP contribution in [0, 0.1) is 0 Å². The van der Waals surface area contributed by atoms with E-state index in [1.165, 1.54) is 16.4 Å². The van der Waals surface area contributed by atoms with Crippen LogP contribution in [0.5, 0.6) is 0 Å². The molecule has 0 saturated carbocycles. The van der Waals surface area contributed by atoms with E-state index in [4.69, 9.17) is 9.84 Å². The minimum Gasteiger partial charge on any atom is -0.476 e. The first-order chi connectivity index (χ1) is 9.25. The zero-order chi connectivity index (χ0) is 13.5. The van der Waals surface area contributed by atoms with Gasteiger partial charge in [0.15, 0.2) is 5.69 Å². The Morgan fingerprint density at radius 2 is 2.05 bits per heavy atom. The first-order valence-electron chi connectivity index (χ1n) is 6.01. The Morgan fingerprint density at radius 3 is 2.74 bits per heavy atom. The van der Waals surface area contributed by atoms with Gasteiger partial charge in [-0.1, -0.05) is 35.5 Å². The molecule has 6 nitrogen and oxygen atoms in total. The maximum Gasteiger partial charge on any atom is 0.358 e. The molecule has 19 heavy (non-hydrogen) atoms. The Morgan fingerprint density at radius 1 is 1.26 bits per heavy atom. The summed E-state index contributed by atoms with van der Waals surface area (Å²) in [4.78, 5) is 10.6. The van der Waals surface area contributed by atoms with E-state index < -0.39 is 5.97 Å². The molecule has 0 bridgehead atoms. The molecule has 0 aliphatic rings. The third-order valence-electron chi connectivity index (χ3n) is 2.60. The molecule has 0 atom stereocenters. The quantitative estimate of drug-likeness (QED) is 0.759. The number of carboxylic acid groups (broad SMARTS) is 1. The first-order valence-corrected chi connectivity index (χ1v) is 6.01. The van der Waals surface area contributed by atoms with Gasteiger partial charge in [0, 0.05) is 0 Å². The SMILES string of the molecule is O=C(O)c1cn(CCOCCc2ccccc2)nn1. The average Bonchev–Trinajstić information content (AvgIpc) is 2.89. The van der Waals surface area contributed by atoms with Crippen molar-refractivity contribution in [1.82, 2.24) is 15.0 Å². The highest BCUT2D eigenvalue weighted by Gasteiger charge is 2.07. The van der Waals surface area contributed by atoms with Crippen LogP contribution in [-0.2, 0) is 17.7 Å². The predicted octanol–water partition coefficient (Wildman–Crippen LogP) is 1.24. The maximum absolute atomic E-state index is 10.6. The third-order valence-corrected chi connectivity index (χ3v) is 2.60. The van der Waals surface area contributed by atoms with Crippen molar-refractivity contribution in [2.75, 3.05) is 13.2 Å². The monoisotopic (exact) mass is 261 g/mol. The molecular weight excluding hydrogens is 246 g/mol. The molecule has 0 fully saturated rings. The lowest BCUT2D eigenvalue weighted by Gasteiger charge is -2.04. The van der Waals surface area contributed by atoms with Gasteiger partial charge in [0.2, 0.25) is 0 Å². The van der Waals surface area contributed by atoms with Crippen LogP contribution in [-0.4, -0.2) is 39.3 Å². The van der Waals surface area contributed by atoms with Gasteiger partial charge < -0.3 is 9.84 Å². The lowest BCUT2D eigenvalue weighted by molar-refractivity contribution is 0.0690. The maximum atomic E-state index is 10.6. The van der Waals surface area contributed by atoms with Gasteiger partial charge in [-0.05, 0) is 12.0 Å². The molecule has 1 heterocycles. The number of hydrogen-bond acceptors (Lipinski definition) is 4. The molecule has 0 saturated heterocycles. The normalized spacial score (nSPS) is 10.5. The summed E-state index contributed by atoms with van der Waals surface area (Å²) < 4.78 is 6.94. The minimum atomic E-state index is -1.07. The van der Waals surface area contributed by atoms with Crippen LogP contribution >= 0.6 is 0 Å². The number of rotatable bonds is 7. The van der Waals surface area contributed by atoms with Gasteiger partial charge in [-0.3, -0.25) is 0 Å². The van der Waals surface area contributed by atoms with Crippen molar-refractivity contribution in [3.8, 4) is 0 Å². The second kappa shape index (κ2) is 6.65. The van der Waals surface area contributed by atoms with Crippen molar-refractivity contribution in [3.05, 3.63) is 47.8 Å². The summed E-state index contributed by atoms with van der Waals surface area (Å²) in [5.74, 6) is -1.07. The zero-order valence-corrected chi connectivity index (χ0v) is 10.4. The van der Waals surface area contributed by atoms with Crippen LogP contribution in [0.4, 0.5) is 0 Å². The molecule has 0 unspecified atom stereocenters. The number of carboxylic acids is 1. The van der Waals surface area contributed by atoms with Crippen LogP contribution in [0.25, 0.3) is 0 Å². The van der Waals surface area contributed by atoms with Gasteiger partial charge in [0.1, 0.15) is 0 Å². The number of aromatic carboxylic acids is 1. The van der Waals surface area contributed by atoms with E-state index in [2.05, 4.69) is 22.4 Å². The van der Waals surface area contributed by atoms with E-state index in [1.54, 1.807) is 0 Å². The summed E-state index contributed by atoms with van der Waals surface area (Å²) in [7, 11) is 0. The van der Waals surface area contributed by atoms with Crippen LogP contribution in [0.2, 0.25) is 0 Å². The van der Waals surface area contributed by atoms with E-state index in [1.807, 2.05) is 18.2 Å². The number of benzene rings is 1. The van der Waals surface area contributed by atoms with Crippen LogP contribution < -0.4 is 0 Å². The summed E-state index contributed by atoms with van der Waals surface area (Å²) >= 11 is 0. The third kappa shape index (κ3) is 4.18. The first kappa shape index (κ1) is 13.2. The van der Waals surface area contributed by atoms with E-state index >= 15 is 0 Å². The highest BCUT2D eigenvalue weighted by Crippen LogP contribution is 1.99. The fourth-order valence-electron chi connectivity index (χ4n) is 1.60. The molecule has 2 aromatic rings. The topological polar surface area (TPSA) is 77.2 Å². The van der Waals surface area contributed by atoms with Crippen molar-refractivity contribution in [2.24, 2.45) is 0 Å². The smallest absolute Gasteiger partial charge is 0.358 e. The van der Waals surface area contributed by atoms with Gasteiger partial charge in [0.25, 0.3) is 0 Å². The Hall–Kier alpha value is -2.21. The summed E-state index contributed by atoms with van der Waals surface area (Å²) in [5.41, 5.74) is 1.18. The molecule has 0 aliphatic heterocycles. The second-order valence-electron chi connectivity index (χ2n) is 4.02. The van der Waals surface area contributed by atoms with Gasteiger partial charge in [-0.15, -0.1) is 5.10 Å². The highest BCUT2D eigenvalue weighted by atomic mass is 16.5. The van der Waals surface area contributed by atoms with E-state index in [9.17, 15) is 4.79 Å².